The fourth-order valence-electron chi connectivity index (χ4n) is 6.40. The van der Waals surface area contributed by atoms with Gasteiger partial charge in [0.1, 0.15) is 6.61 Å². The first-order chi connectivity index (χ1) is 33.8. The molecule has 9 nitrogen and oxygen atoms in total. The van der Waals surface area contributed by atoms with Crippen molar-refractivity contribution in [3.8, 4) is 0 Å². The van der Waals surface area contributed by atoms with Crippen LogP contribution >= 0.6 is 7.82 Å². The van der Waals surface area contributed by atoms with E-state index < -0.39 is 32.5 Å². The van der Waals surface area contributed by atoms with E-state index in [2.05, 4.69) is 160 Å². The van der Waals surface area contributed by atoms with Crippen LogP contribution in [-0.4, -0.2) is 49.3 Å². The molecule has 388 valence electrons. The molecule has 10 heteroatoms. The zero-order valence-corrected chi connectivity index (χ0v) is 43.9. The third-order valence-corrected chi connectivity index (χ3v) is 11.2. The van der Waals surface area contributed by atoms with Crippen molar-refractivity contribution in [2.45, 2.75) is 187 Å². The summed E-state index contributed by atoms with van der Waals surface area (Å²) in [6, 6.07) is 0. The molecule has 2 unspecified atom stereocenters. The Morgan fingerprint density at radius 2 is 0.754 bits per heavy atom. The molecule has 0 rings (SSSR count). The maximum atomic E-state index is 12.7. The molecule has 0 radical (unpaired) electrons. The summed E-state index contributed by atoms with van der Waals surface area (Å²) in [5, 5.41) is 0. The smallest absolute Gasteiger partial charge is 0.462 e. The highest BCUT2D eigenvalue weighted by molar-refractivity contribution is 7.47. The number of unbranched alkanes of at least 4 members (excludes halogenated alkanes) is 10. The molecule has 0 heterocycles. The molecule has 0 aliphatic carbocycles. The number of carbonyl (C=O) groups is 2. The molecule has 0 aromatic heterocycles. The predicted octanol–water partition coefficient (Wildman–Crippen LogP) is 16.4. The molecule has 0 fully saturated rings. The second-order valence-corrected chi connectivity index (χ2v) is 18.1. The Labute approximate surface area is 420 Å². The van der Waals surface area contributed by atoms with Crippen LogP contribution in [0.15, 0.2) is 146 Å². The largest absolute Gasteiger partial charge is 0.472 e. The second kappa shape index (κ2) is 53.2. The van der Waals surface area contributed by atoms with Crippen LogP contribution in [0.3, 0.4) is 0 Å². The number of carbonyl (C=O) groups excluding carboxylic acids is 2. The van der Waals surface area contributed by atoms with Gasteiger partial charge in [-0.15, -0.1) is 0 Å². The number of phosphoric ester groups is 1. The zero-order chi connectivity index (χ0) is 50.2. The molecular weight excluding hydrogens is 882 g/mol. The highest BCUT2D eigenvalue weighted by atomic mass is 31.2. The van der Waals surface area contributed by atoms with E-state index in [0.717, 1.165) is 128 Å². The minimum absolute atomic E-state index is 0.0390. The Kier molecular flexibility index (Phi) is 50.1. The topological polar surface area (TPSA) is 134 Å². The van der Waals surface area contributed by atoms with E-state index in [9.17, 15) is 19.0 Å². The van der Waals surface area contributed by atoms with Crippen molar-refractivity contribution in [2.75, 3.05) is 26.4 Å². The maximum Gasteiger partial charge on any atom is 0.472 e. The van der Waals surface area contributed by atoms with Crippen molar-refractivity contribution in [3.05, 3.63) is 146 Å². The number of hydrogen-bond acceptors (Lipinski definition) is 8. The average molecular weight is 976 g/mol. The molecule has 0 aliphatic heterocycles. The maximum absolute atomic E-state index is 12.7. The summed E-state index contributed by atoms with van der Waals surface area (Å²) in [7, 11) is -4.40. The zero-order valence-electron chi connectivity index (χ0n) is 43.0. The molecule has 0 saturated heterocycles. The Bertz CT molecular complexity index is 1630. The van der Waals surface area contributed by atoms with Gasteiger partial charge in [0, 0.05) is 19.4 Å². The van der Waals surface area contributed by atoms with Gasteiger partial charge < -0.3 is 20.1 Å². The first-order valence-corrected chi connectivity index (χ1v) is 27.8. The van der Waals surface area contributed by atoms with Crippen molar-refractivity contribution in [1.29, 1.82) is 0 Å². The van der Waals surface area contributed by atoms with Crippen LogP contribution in [0.25, 0.3) is 0 Å². The first kappa shape index (κ1) is 64.9. The SMILES string of the molecule is CC/C=C\C/C=C\C/C=C\C/C=C\C/C=C\C/C=C\C/C=C\C/C=C\C/C=C\CCCCCCCCCC(=O)OC(COC(=O)CCCCC/C=C\C/C=C\C/C=C\CC)COP(=O)(O)OCCN. The molecule has 3 N–H and O–H groups in total. The van der Waals surface area contributed by atoms with E-state index in [1.165, 1.54) is 12.8 Å². The Morgan fingerprint density at radius 3 is 1.13 bits per heavy atom. The summed E-state index contributed by atoms with van der Waals surface area (Å²) in [4.78, 5) is 35.0. The third kappa shape index (κ3) is 53.1. The summed E-state index contributed by atoms with van der Waals surface area (Å²) in [6.45, 7) is 3.43. The van der Waals surface area contributed by atoms with Crippen LogP contribution in [0.1, 0.15) is 181 Å². The molecule has 0 aliphatic rings. The lowest BCUT2D eigenvalue weighted by Gasteiger charge is -2.19. The molecule has 0 saturated carbocycles. The number of esters is 2. The Hall–Kier alpha value is -4.11. The summed E-state index contributed by atoms with van der Waals surface area (Å²) < 4.78 is 32.8. The minimum atomic E-state index is -4.40. The van der Waals surface area contributed by atoms with Gasteiger partial charge in [0.05, 0.1) is 13.2 Å². The van der Waals surface area contributed by atoms with Crippen molar-refractivity contribution in [2.24, 2.45) is 5.73 Å². The number of ether oxygens (including phenoxy) is 2. The number of hydrogen-bond donors (Lipinski definition) is 2. The monoisotopic (exact) mass is 976 g/mol. The number of allylic oxidation sites excluding steroid dienone is 24. The van der Waals surface area contributed by atoms with Crippen LogP contribution in [0.4, 0.5) is 0 Å². The van der Waals surface area contributed by atoms with E-state index in [1.54, 1.807) is 0 Å². The highest BCUT2D eigenvalue weighted by Crippen LogP contribution is 2.43. The summed E-state index contributed by atoms with van der Waals surface area (Å²) in [5.41, 5.74) is 5.36. The Morgan fingerprint density at radius 1 is 0.435 bits per heavy atom. The van der Waals surface area contributed by atoms with Gasteiger partial charge in [-0.1, -0.05) is 198 Å². The number of rotatable bonds is 47. The number of nitrogens with two attached hydrogens (primary N) is 1. The lowest BCUT2D eigenvalue weighted by molar-refractivity contribution is -0.161. The van der Waals surface area contributed by atoms with Crippen molar-refractivity contribution in [3.63, 3.8) is 0 Å². The number of phosphoric acid groups is 1. The lowest BCUT2D eigenvalue weighted by Crippen LogP contribution is -2.29. The van der Waals surface area contributed by atoms with Gasteiger partial charge >= 0.3 is 19.8 Å². The van der Waals surface area contributed by atoms with Gasteiger partial charge in [-0.3, -0.25) is 18.6 Å². The molecule has 0 amide bonds. The van der Waals surface area contributed by atoms with Gasteiger partial charge in [-0.05, 0) is 116 Å². The van der Waals surface area contributed by atoms with Crippen molar-refractivity contribution in [1.82, 2.24) is 0 Å². The van der Waals surface area contributed by atoms with Crippen LogP contribution in [0.5, 0.6) is 0 Å². The summed E-state index contributed by atoms with van der Waals surface area (Å²) in [6.07, 6.45) is 76.2. The lowest BCUT2D eigenvalue weighted by atomic mass is 10.1. The van der Waals surface area contributed by atoms with Crippen molar-refractivity contribution >= 4 is 19.8 Å². The van der Waals surface area contributed by atoms with Crippen molar-refractivity contribution < 1.29 is 37.6 Å². The van der Waals surface area contributed by atoms with Gasteiger partial charge in [0.15, 0.2) is 6.10 Å². The van der Waals surface area contributed by atoms with Crippen LogP contribution in [0, 0.1) is 0 Å². The average Bonchev–Trinajstić information content (AvgIpc) is 3.34. The normalized spacial score (nSPS) is 14.3. The molecule has 2 atom stereocenters. The van der Waals surface area contributed by atoms with Gasteiger partial charge in [-0.25, -0.2) is 4.57 Å². The van der Waals surface area contributed by atoms with E-state index in [1.807, 2.05) is 0 Å². The van der Waals surface area contributed by atoms with Crippen LogP contribution < -0.4 is 5.73 Å². The van der Waals surface area contributed by atoms with E-state index >= 15 is 0 Å². The first-order valence-electron chi connectivity index (χ1n) is 26.3. The molecule has 0 spiro atoms. The van der Waals surface area contributed by atoms with Crippen LogP contribution in [-0.2, 0) is 32.7 Å². The van der Waals surface area contributed by atoms with Gasteiger partial charge in [-0.2, -0.15) is 0 Å². The predicted molar refractivity (Wildman–Crippen MR) is 293 cm³/mol. The summed E-state index contributed by atoms with van der Waals surface area (Å²) >= 11 is 0. The van der Waals surface area contributed by atoms with Crippen LogP contribution in [0.2, 0.25) is 0 Å². The minimum Gasteiger partial charge on any atom is -0.462 e. The fraction of sp³-hybridized carbons (Fsp3) is 0.559. The molecule has 0 aromatic carbocycles. The van der Waals surface area contributed by atoms with E-state index in [-0.39, 0.29) is 32.6 Å². The molecular formula is C59H94NO8P. The van der Waals surface area contributed by atoms with E-state index in [4.69, 9.17) is 24.3 Å². The molecule has 0 bridgehead atoms. The van der Waals surface area contributed by atoms with Gasteiger partial charge in [0.25, 0.3) is 0 Å². The molecule has 0 aromatic rings. The fourth-order valence-corrected chi connectivity index (χ4v) is 7.17. The summed E-state index contributed by atoms with van der Waals surface area (Å²) in [5.74, 6) is -0.890. The van der Waals surface area contributed by atoms with E-state index in [0.29, 0.717) is 12.8 Å². The quantitative estimate of drug-likeness (QED) is 0.0264. The van der Waals surface area contributed by atoms with Gasteiger partial charge in [0.2, 0.25) is 0 Å². The second-order valence-electron chi connectivity index (χ2n) is 16.6. The third-order valence-electron chi connectivity index (χ3n) is 10.2. The Balaban J connectivity index is 4.07. The highest BCUT2D eigenvalue weighted by Gasteiger charge is 2.26. The standard InChI is InChI=1S/C59H94NO8P/c1-3-5-7-9-11-13-15-17-18-19-20-21-22-23-24-25-26-27-28-29-30-31-32-33-34-35-36-37-38-40-42-44-46-48-50-52-59(62)68-57(56-67-69(63,64)66-54-53-60)55-65-58(61)51-49-47-45-43-41-39-16-14-12-10-8-6-4-2/h5-8,11-14,17-18,20-21,23-24,26-27,29-30,32-33,35-36,39,41,57H,3-4,9-10,15-16,19,22,25,28,31,34,37-38,40,42-56,60H2,1-2H3,(H,63,64)/b7-5-,8-6-,13-11-,14-12-,18-17-,21-20-,24-23-,27-26-,30-29-,33-32-,36-35-,41-39-. The molecule has 69 heavy (non-hydrogen) atoms.